The molecular weight excluding hydrogens is 444 g/mol. The number of anilines is 2. The Labute approximate surface area is 194 Å². The Morgan fingerprint density at radius 3 is 2.12 bits per heavy atom. The van der Waals surface area contributed by atoms with E-state index in [9.17, 15) is 9.59 Å². The van der Waals surface area contributed by atoms with Gasteiger partial charge in [-0.15, -0.1) is 11.3 Å². The molecule has 1 N–H and O–H groups in total. The van der Waals surface area contributed by atoms with Crippen molar-refractivity contribution in [3.63, 3.8) is 0 Å². The van der Waals surface area contributed by atoms with Gasteiger partial charge >= 0.3 is 0 Å². The Bertz CT molecular complexity index is 1240. The van der Waals surface area contributed by atoms with Crippen LogP contribution >= 0.6 is 11.3 Å². The van der Waals surface area contributed by atoms with E-state index in [1.165, 1.54) is 32.7 Å². The molecule has 2 amide bonds. The maximum Gasteiger partial charge on any atom is 0.282 e. The number of imide groups is 1. The normalized spacial score (nSPS) is 13.4. The van der Waals surface area contributed by atoms with E-state index < -0.39 is 11.8 Å². The molecular formula is C24H22N2O6S. The molecule has 2 heterocycles. The largest absolute Gasteiger partial charge is 0.497 e. The topological polar surface area (TPSA) is 86.3 Å². The van der Waals surface area contributed by atoms with Gasteiger partial charge in [0.15, 0.2) is 0 Å². The van der Waals surface area contributed by atoms with Crippen LogP contribution in [0.5, 0.6) is 23.0 Å². The van der Waals surface area contributed by atoms with Crippen molar-refractivity contribution in [2.75, 3.05) is 38.7 Å². The Hall–Kier alpha value is -3.98. The molecule has 9 heteroatoms. The van der Waals surface area contributed by atoms with E-state index in [4.69, 9.17) is 18.9 Å². The van der Waals surface area contributed by atoms with E-state index in [1.807, 2.05) is 11.4 Å². The molecule has 4 rings (SSSR count). The average Bonchev–Trinajstić information content (AvgIpc) is 3.45. The van der Waals surface area contributed by atoms with Gasteiger partial charge in [-0.3, -0.25) is 9.59 Å². The second-order valence-electron chi connectivity index (χ2n) is 6.90. The van der Waals surface area contributed by atoms with Crippen molar-refractivity contribution in [2.24, 2.45) is 0 Å². The molecule has 2 aromatic carbocycles. The minimum absolute atomic E-state index is 0.135. The van der Waals surface area contributed by atoms with Gasteiger partial charge in [0.2, 0.25) is 0 Å². The summed E-state index contributed by atoms with van der Waals surface area (Å²) in [5, 5.41) is 4.97. The van der Waals surface area contributed by atoms with Crippen LogP contribution in [0, 0.1) is 0 Å². The van der Waals surface area contributed by atoms with Gasteiger partial charge in [0.05, 0.1) is 45.4 Å². The highest BCUT2D eigenvalue weighted by Crippen LogP contribution is 2.41. The lowest BCUT2D eigenvalue weighted by atomic mass is 10.1. The Morgan fingerprint density at radius 2 is 1.48 bits per heavy atom. The predicted molar refractivity (Wildman–Crippen MR) is 126 cm³/mol. The molecule has 0 spiro atoms. The van der Waals surface area contributed by atoms with Crippen molar-refractivity contribution in [1.82, 2.24) is 0 Å². The van der Waals surface area contributed by atoms with Crippen LogP contribution in [0.4, 0.5) is 11.4 Å². The van der Waals surface area contributed by atoms with Gasteiger partial charge in [0, 0.05) is 17.0 Å². The first-order valence-electron chi connectivity index (χ1n) is 9.90. The fourth-order valence-corrected chi connectivity index (χ4v) is 4.29. The second-order valence-corrected chi connectivity index (χ2v) is 7.85. The molecule has 1 aliphatic heterocycles. The SMILES string of the molecule is COc1ccc(NC2=C(c3cccs3)C(=O)N(c3cc(OC)ccc3OC)C2=O)c(OC)c1. The number of methoxy groups -OCH3 is 4. The molecule has 0 bridgehead atoms. The highest BCUT2D eigenvalue weighted by Gasteiger charge is 2.42. The summed E-state index contributed by atoms with van der Waals surface area (Å²) in [6.45, 7) is 0. The van der Waals surface area contributed by atoms with E-state index in [2.05, 4.69) is 5.32 Å². The number of benzene rings is 2. The molecule has 0 saturated carbocycles. The van der Waals surface area contributed by atoms with E-state index in [0.29, 0.717) is 39.2 Å². The molecule has 0 saturated heterocycles. The predicted octanol–water partition coefficient (Wildman–Crippen LogP) is 4.18. The number of nitrogens with zero attached hydrogens (tertiary/aromatic N) is 1. The fourth-order valence-electron chi connectivity index (χ4n) is 3.52. The molecule has 1 aliphatic rings. The van der Waals surface area contributed by atoms with Crippen LogP contribution in [0.2, 0.25) is 0 Å². The molecule has 0 unspecified atom stereocenters. The lowest BCUT2D eigenvalue weighted by molar-refractivity contribution is -0.120. The third-order valence-corrected chi connectivity index (χ3v) is 6.03. The van der Waals surface area contributed by atoms with Gasteiger partial charge in [-0.25, -0.2) is 4.90 Å². The monoisotopic (exact) mass is 466 g/mol. The molecule has 0 radical (unpaired) electrons. The van der Waals surface area contributed by atoms with Gasteiger partial charge in [-0.05, 0) is 35.7 Å². The van der Waals surface area contributed by atoms with Crippen LogP contribution in [0.1, 0.15) is 4.88 Å². The zero-order valence-electron chi connectivity index (χ0n) is 18.5. The van der Waals surface area contributed by atoms with Crippen molar-refractivity contribution in [3.8, 4) is 23.0 Å². The van der Waals surface area contributed by atoms with Crippen LogP contribution < -0.4 is 29.2 Å². The van der Waals surface area contributed by atoms with Crippen molar-refractivity contribution in [3.05, 3.63) is 64.5 Å². The number of hydrogen-bond donors (Lipinski definition) is 1. The summed E-state index contributed by atoms with van der Waals surface area (Å²) >= 11 is 1.37. The van der Waals surface area contributed by atoms with Gasteiger partial charge in [0.25, 0.3) is 11.8 Å². The van der Waals surface area contributed by atoms with Crippen LogP contribution in [-0.4, -0.2) is 40.3 Å². The summed E-state index contributed by atoms with van der Waals surface area (Å²) in [6.07, 6.45) is 0. The van der Waals surface area contributed by atoms with E-state index >= 15 is 0 Å². The highest BCUT2D eigenvalue weighted by molar-refractivity contribution is 7.11. The minimum atomic E-state index is -0.521. The summed E-state index contributed by atoms with van der Waals surface area (Å²) in [7, 11) is 6.06. The van der Waals surface area contributed by atoms with E-state index in [-0.39, 0.29) is 11.3 Å². The number of carbonyl (C=O) groups is 2. The maximum atomic E-state index is 13.6. The lowest BCUT2D eigenvalue weighted by Crippen LogP contribution is -2.32. The van der Waals surface area contributed by atoms with Gasteiger partial charge in [-0.1, -0.05) is 6.07 Å². The molecule has 170 valence electrons. The van der Waals surface area contributed by atoms with Crippen LogP contribution in [0.15, 0.2) is 59.6 Å². The smallest absolute Gasteiger partial charge is 0.282 e. The number of carbonyl (C=O) groups excluding carboxylic acids is 2. The second kappa shape index (κ2) is 9.25. The number of hydrogen-bond acceptors (Lipinski definition) is 8. The number of thiophene rings is 1. The van der Waals surface area contributed by atoms with Crippen molar-refractivity contribution in [1.29, 1.82) is 0 Å². The summed E-state index contributed by atoms with van der Waals surface area (Å²) in [5.74, 6) is 0.928. The van der Waals surface area contributed by atoms with Crippen molar-refractivity contribution in [2.45, 2.75) is 0 Å². The molecule has 0 fully saturated rings. The standard InChI is InChI=1S/C24H22N2O6S/c1-29-14-8-10-18(31-3)17(12-14)26-23(27)21(20-6-5-11-33-20)22(24(26)28)25-16-9-7-15(30-2)13-19(16)32-4/h5-13,25H,1-4H3. The first-order chi connectivity index (χ1) is 16.0. The lowest BCUT2D eigenvalue weighted by Gasteiger charge is -2.19. The number of amides is 2. The zero-order valence-corrected chi connectivity index (χ0v) is 19.3. The first kappa shape index (κ1) is 22.2. The van der Waals surface area contributed by atoms with Crippen molar-refractivity contribution >= 4 is 40.1 Å². The van der Waals surface area contributed by atoms with Crippen LogP contribution in [0.3, 0.4) is 0 Å². The summed E-state index contributed by atoms with van der Waals surface area (Å²) in [5.41, 5.74) is 1.20. The number of nitrogens with one attached hydrogen (secondary N) is 1. The Morgan fingerprint density at radius 1 is 0.788 bits per heavy atom. The van der Waals surface area contributed by atoms with Gasteiger partial charge < -0.3 is 24.3 Å². The maximum absolute atomic E-state index is 13.6. The van der Waals surface area contributed by atoms with Gasteiger partial charge in [0.1, 0.15) is 28.7 Å². The van der Waals surface area contributed by atoms with E-state index in [1.54, 1.807) is 49.6 Å². The zero-order chi connectivity index (χ0) is 23.5. The number of ether oxygens (including phenoxy) is 4. The van der Waals surface area contributed by atoms with Crippen molar-refractivity contribution < 1.29 is 28.5 Å². The first-order valence-corrected chi connectivity index (χ1v) is 10.8. The molecule has 0 atom stereocenters. The third kappa shape index (κ3) is 3.98. The van der Waals surface area contributed by atoms with E-state index in [0.717, 1.165) is 4.90 Å². The summed E-state index contributed by atoms with van der Waals surface area (Å²) in [4.78, 5) is 29.0. The fraction of sp³-hybridized carbons (Fsp3) is 0.167. The highest BCUT2D eigenvalue weighted by atomic mass is 32.1. The molecule has 33 heavy (non-hydrogen) atoms. The number of rotatable bonds is 8. The minimum Gasteiger partial charge on any atom is -0.497 e. The quantitative estimate of drug-likeness (QED) is 0.499. The molecule has 8 nitrogen and oxygen atoms in total. The van der Waals surface area contributed by atoms with Crippen LogP contribution in [0.25, 0.3) is 5.57 Å². The Kier molecular flexibility index (Phi) is 6.23. The molecule has 0 aliphatic carbocycles. The average molecular weight is 467 g/mol. The molecule has 1 aromatic heterocycles. The Balaban J connectivity index is 1.83. The van der Waals surface area contributed by atoms with Crippen LogP contribution in [-0.2, 0) is 9.59 Å². The molecule has 3 aromatic rings. The summed E-state index contributed by atoms with van der Waals surface area (Å²) < 4.78 is 21.4. The summed E-state index contributed by atoms with van der Waals surface area (Å²) in [6, 6.07) is 13.7. The third-order valence-electron chi connectivity index (χ3n) is 5.15. The van der Waals surface area contributed by atoms with Gasteiger partial charge in [-0.2, -0.15) is 0 Å².